The summed E-state index contributed by atoms with van der Waals surface area (Å²) in [5.74, 6) is 0.421. The Bertz CT molecular complexity index is 1270. The van der Waals surface area contributed by atoms with Crippen molar-refractivity contribution in [2.75, 3.05) is 34.6 Å². The van der Waals surface area contributed by atoms with Crippen LogP contribution in [0.15, 0.2) is 59.9 Å². The van der Waals surface area contributed by atoms with E-state index in [-0.39, 0.29) is 17.3 Å². The molecule has 0 saturated heterocycles. The van der Waals surface area contributed by atoms with Gasteiger partial charge in [-0.15, -0.1) is 0 Å². The maximum absolute atomic E-state index is 13.3. The molecule has 2 heterocycles. The average Bonchev–Trinajstić information content (AvgIpc) is 2.81. The predicted molar refractivity (Wildman–Crippen MR) is 122 cm³/mol. The van der Waals surface area contributed by atoms with E-state index in [0.717, 1.165) is 18.6 Å². The second-order valence-corrected chi connectivity index (χ2v) is 9.17. The second kappa shape index (κ2) is 9.37. The first kappa shape index (κ1) is 23.6. The van der Waals surface area contributed by atoms with Gasteiger partial charge in [0.15, 0.2) is 0 Å². The summed E-state index contributed by atoms with van der Waals surface area (Å²) in [7, 11) is -3.95. The number of nitrogens with one attached hydrogen (secondary N) is 2. The average molecular weight is 494 g/mol. The Labute approximate surface area is 194 Å². The van der Waals surface area contributed by atoms with E-state index in [4.69, 9.17) is 4.74 Å². The highest BCUT2D eigenvalue weighted by Crippen LogP contribution is 2.42. The Balaban J connectivity index is 1.69. The highest BCUT2D eigenvalue weighted by atomic mass is 32.2. The molecular weight excluding hydrogens is 471 g/mol. The van der Waals surface area contributed by atoms with Crippen LogP contribution in [0.5, 0.6) is 5.75 Å². The van der Waals surface area contributed by atoms with Gasteiger partial charge in [-0.05, 0) is 42.8 Å². The topological polar surface area (TPSA) is 96.5 Å². The van der Waals surface area contributed by atoms with Crippen LogP contribution in [0.25, 0.3) is 0 Å². The molecule has 0 radical (unpaired) electrons. The van der Waals surface area contributed by atoms with Crippen molar-refractivity contribution >= 4 is 32.9 Å². The summed E-state index contributed by atoms with van der Waals surface area (Å²) in [5.41, 5.74) is 0.680. The monoisotopic (exact) mass is 493 g/mol. The van der Waals surface area contributed by atoms with Crippen LogP contribution in [0.2, 0.25) is 0 Å². The molecule has 12 heteroatoms. The van der Waals surface area contributed by atoms with Crippen molar-refractivity contribution in [1.29, 1.82) is 0 Å². The molecule has 1 aromatic heterocycles. The van der Waals surface area contributed by atoms with E-state index in [9.17, 15) is 21.6 Å². The zero-order valence-electron chi connectivity index (χ0n) is 18.1. The van der Waals surface area contributed by atoms with Crippen LogP contribution in [0.1, 0.15) is 18.9 Å². The summed E-state index contributed by atoms with van der Waals surface area (Å²) in [6, 6.07) is 9.32. The largest absolute Gasteiger partial charge is 0.489 e. The van der Waals surface area contributed by atoms with Gasteiger partial charge in [-0.1, -0.05) is 6.92 Å². The van der Waals surface area contributed by atoms with E-state index >= 15 is 0 Å². The van der Waals surface area contributed by atoms with Crippen LogP contribution in [0, 0.1) is 0 Å². The Hall–Kier alpha value is -3.54. The van der Waals surface area contributed by atoms with Crippen molar-refractivity contribution in [2.45, 2.75) is 24.4 Å². The van der Waals surface area contributed by atoms with Crippen molar-refractivity contribution in [3.63, 3.8) is 0 Å². The van der Waals surface area contributed by atoms with Crippen molar-refractivity contribution in [3.05, 3.63) is 60.6 Å². The molecule has 4 rings (SSSR count). The van der Waals surface area contributed by atoms with Gasteiger partial charge in [0.25, 0.3) is 10.0 Å². The highest BCUT2D eigenvalue weighted by Gasteiger charge is 2.32. The van der Waals surface area contributed by atoms with Gasteiger partial charge in [0.2, 0.25) is 0 Å². The molecule has 2 aromatic carbocycles. The quantitative estimate of drug-likeness (QED) is 0.495. The number of hydrogen-bond donors (Lipinski definition) is 2. The second-order valence-electron chi connectivity index (χ2n) is 7.49. The van der Waals surface area contributed by atoms with Crippen molar-refractivity contribution in [2.24, 2.45) is 0 Å². The van der Waals surface area contributed by atoms with Crippen LogP contribution in [-0.2, 0) is 16.2 Å². The first-order chi connectivity index (χ1) is 16.2. The number of ether oxygens (including phenoxy) is 1. The summed E-state index contributed by atoms with van der Waals surface area (Å²) in [6.07, 6.45) is -1.10. The summed E-state index contributed by atoms with van der Waals surface area (Å²) >= 11 is 0. The molecule has 0 fully saturated rings. The number of hydrogen-bond acceptors (Lipinski definition) is 7. The molecule has 3 aromatic rings. The molecule has 0 amide bonds. The molecule has 2 N–H and O–H groups in total. The number of rotatable bonds is 7. The molecule has 0 unspecified atom stereocenters. The maximum atomic E-state index is 13.3. The van der Waals surface area contributed by atoms with Crippen molar-refractivity contribution in [1.82, 2.24) is 9.97 Å². The number of sulfonamides is 1. The third-order valence-electron chi connectivity index (χ3n) is 5.11. The molecule has 8 nitrogen and oxygen atoms in total. The van der Waals surface area contributed by atoms with E-state index in [1.807, 2.05) is 11.8 Å². The van der Waals surface area contributed by atoms with Crippen LogP contribution in [0.3, 0.4) is 0 Å². The third kappa shape index (κ3) is 5.01. The van der Waals surface area contributed by atoms with Gasteiger partial charge in [0.1, 0.15) is 24.5 Å². The van der Waals surface area contributed by atoms with Crippen molar-refractivity contribution < 1.29 is 26.3 Å². The number of benzene rings is 2. The molecule has 180 valence electrons. The van der Waals surface area contributed by atoms with Gasteiger partial charge in [-0.3, -0.25) is 4.72 Å². The van der Waals surface area contributed by atoms with Crippen LogP contribution in [-0.4, -0.2) is 38.1 Å². The molecule has 0 aliphatic carbocycles. The molecule has 1 aliphatic rings. The molecule has 1 aliphatic heterocycles. The number of anilines is 4. The number of aromatic nitrogens is 2. The summed E-state index contributed by atoms with van der Waals surface area (Å²) < 4.78 is 73.5. The molecule has 0 spiro atoms. The van der Waals surface area contributed by atoms with Gasteiger partial charge < -0.3 is 15.0 Å². The van der Waals surface area contributed by atoms with Gasteiger partial charge in [0.05, 0.1) is 34.1 Å². The van der Waals surface area contributed by atoms with E-state index in [1.54, 1.807) is 6.07 Å². The van der Waals surface area contributed by atoms with E-state index in [2.05, 4.69) is 20.0 Å². The lowest BCUT2D eigenvalue weighted by Gasteiger charge is -2.33. The first-order valence-electron chi connectivity index (χ1n) is 10.5. The lowest BCUT2D eigenvalue weighted by Crippen LogP contribution is -2.29. The normalized spacial score (nSPS) is 13.7. The summed E-state index contributed by atoms with van der Waals surface area (Å²) in [6.45, 7) is 3.02. The fourth-order valence-corrected chi connectivity index (χ4v) is 4.54. The SMILES string of the molecule is CCCNc1cc(C(F)(F)F)ccc1N1CCOc2cc(S(=O)(=O)Nc3ccncn3)ccc21. The van der Waals surface area contributed by atoms with E-state index < -0.39 is 21.8 Å². The number of alkyl halides is 3. The highest BCUT2D eigenvalue weighted by molar-refractivity contribution is 7.92. The van der Waals surface area contributed by atoms with E-state index in [0.29, 0.717) is 35.9 Å². The first-order valence-corrected chi connectivity index (χ1v) is 12.0. The molecule has 0 saturated carbocycles. The Kier molecular flexibility index (Phi) is 6.51. The number of nitrogens with zero attached hydrogens (tertiary/aromatic N) is 3. The molecule has 0 atom stereocenters. The van der Waals surface area contributed by atoms with Crippen LogP contribution in [0.4, 0.5) is 36.1 Å². The summed E-state index contributed by atoms with van der Waals surface area (Å²) in [4.78, 5) is 9.38. The maximum Gasteiger partial charge on any atom is 0.416 e. The van der Waals surface area contributed by atoms with Crippen LogP contribution < -0.4 is 19.7 Å². The minimum Gasteiger partial charge on any atom is -0.489 e. The fourth-order valence-electron chi connectivity index (χ4n) is 3.51. The zero-order valence-corrected chi connectivity index (χ0v) is 18.9. The lowest BCUT2D eigenvalue weighted by molar-refractivity contribution is -0.137. The van der Waals surface area contributed by atoms with Crippen LogP contribution >= 0.6 is 0 Å². The zero-order chi connectivity index (χ0) is 24.3. The van der Waals surface area contributed by atoms with E-state index in [1.165, 1.54) is 36.8 Å². The van der Waals surface area contributed by atoms with Gasteiger partial charge >= 0.3 is 6.18 Å². The fraction of sp³-hybridized carbons (Fsp3) is 0.273. The van der Waals surface area contributed by atoms with Gasteiger partial charge in [-0.25, -0.2) is 18.4 Å². The van der Waals surface area contributed by atoms with Gasteiger partial charge in [0, 0.05) is 18.8 Å². The lowest BCUT2D eigenvalue weighted by atomic mass is 10.1. The smallest absolute Gasteiger partial charge is 0.416 e. The van der Waals surface area contributed by atoms with Gasteiger partial charge in [-0.2, -0.15) is 13.2 Å². The predicted octanol–water partition coefficient (Wildman–Crippen LogP) is 4.65. The Morgan fingerprint density at radius 2 is 1.91 bits per heavy atom. The number of fused-ring (bicyclic) bond motifs is 1. The molecular formula is C22H22F3N5O3S. The Morgan fingerprint density at radius 1 is 1.12 bits per heavy atom. The standard InChI is InChI=1S/C22H22F3N5O3S/c1-2-8-27-17-12-15(22(23,24)25)3-5-18(17)30-10-11-33-20-13-16(4-6-19(20)30)34(31,32)29-21-7-9-26-14-28-21/h3-7,9,12-14,27H,2,8,10-11H2,1H3,(H,26,28,29). The minimum absolute atomic E-state index is 0.0385. The number of halogens is 3. The Morgan fingerprint density at radius 3 is 2.62 bits per heavy atom. The van der Waals surface area contributed by atoms with Crippen molar-refractivity contribution in [3.8, 4) is 5.75 Å². The third-order valence-corrected chi connectivity index (χ3v) is 6.46. The molecule has 34 heavy (non-hydrogen) atoms. The molecule has 0 bridgehead atoms. The summed E-state index contributed by atoms with van der Waals surface area (Å²) in [5, 5.41) is 3.07. The minimum atomic E-state index is -4.47.